The number of rotatable bonds is 5. The molecule has 0 fully saturated rings. The lowest BCUT2D eigenvalue weighted by Gasteiger charge is -2.05. The van der Waals surface area contributed by atoms with Gasteiger partial charge in [-0.25, -0.2) is 19.4 Å². The van der Waals surface area contributed by atoms with Crippen LogP contribution in [0.3, 0.4) is 0 Å². The number of hydrogen-bond acceptors (Lipinski definition) is 10. The largest absolute Gasteiger partial charge is 0.477 e. The fourth-order valence-electron chi connectivity index (χ4n) is 2.44. The second-order valence-electron chi connectivity index (χ2n) is 6.26. The van der Waals surface area contributed by atoms with Crippen molar-refractivity contribution in [3.8, 4) is 0 Å². The number of aromatic carboxylic acids is 1. The van der Waals surface area contributed by atoms with Crippen LogP contribution in [0.25, 0.3) is 5.65 Å². The Labute approximate surface area is 180 Å². The van der Waals surface area contributed by atoms with E-state index in [0.717, 1.165) is 23.3 Å². The van der Waals surface area contributed by atoms with E-state index in [2.05, 4.69) is 24.8 Å². The molecule has 0 saturated heterocycles. The Kier molecular flexibility index (Phi) is 7.52. The third-order valence-corrected chi connectivity index (χ3v) is 4.08. The van der Waals surface area contributed by atoms with Crippen molar-refractivity contribution >= 4 is 29.5 Å². The summed E-state index contributed by atoms with van der Waals surface area (Å²) in [6, 6.07) is 8.04. The number of hydrogen-bond donors (Lipinski definition) is 3. The number of esters is 2. The number of primary amides is 1. The quantitative estimate of drug-likeness (QED) is 0.454. The normalized spacial score (nSPS) is 11.1. The Balaban J connectivity index is 0.000000244. The average molecular weight is 444 g/mol. The van der Waals surface area contributed by atoms with Gasteiger partial charge in [-0.05, 0) is 24.6 Å². The number of nitrogens with zero attached hydrogens (tertiary/aromatic N) is 4. The Morgan fingerprint density at radius 2 is 1.66 bits per heavy atom. The van der Waals surface area contributed by atoms with Gasteiger partial charge in [0, 0.05) is 12.1 Å². The minimum atomic E-state index is -1.38. The number of ether oxygens (including phenoxy) is 2. The summed E-state index contributed by atoms with van der Waals surface area (Å²) < 4.78 is 9.94. The highest BCUT2D eigenvalue weighted by Gasteiger charge is 2.22. The lowest BCUT2D eigenvalue weighted by atomic mass is 10.1. The van der Waals surface area contributed by atoms with Crippen molar-refractivity contribution in [1.82, 2.24) is 19.8 Å². The number of carbonyl (C=O) groups is 4. The van der Waals surface area contributed by atoms with Gasteiger partial charge in [-0.2, -0.15) is 4.52 Å². The maximum Gasteiger partial charge on any atom is 0.356 e. The minimum absolute atomic E-state index is 0.00769. The predicted molar refractivity (Wildman–Crippen MR) is 108 cm³/mol. The van der Waals surface area contributed by atoms with E-state index in [1.165, 1.54) is 7.11 Å². The van der Waals surface area contributed by atoms with E-state index in [0.29, 0.717) is 5.56 Å². The molecule has 1 aromatic carbocycles. The first-order valence-corrected chi connectivity index (χ1v) is 8.92. The van der Waals surface area contributed by atoms with Gasteiger partial charge in [0.25, 0.3) is 5.91 Å². The number of amides is 1. The van der Waals surface area contributed by atoms with E-state index < -0.39 is 23.5 Å². The number of aromatic nitrogens is 4. The molecular weight excluding hydrogens is 424 g/mol. The molecule has 13 nitrogen and oxygen atoms in total. The van der Waals surface area contributed by atoms with Gasteiger partial charge >= 0.3 is 17.9 Å². The number of benzene rings is 1. The highest BCUT2D eigenvalue weighted by atomic mass is 16.5. The van der Waals surface area contributed by atoms with Crippen LogP contribution in [-0.4, -0.2) is 63.0 Å². The molecule has 0 radical (unpaired) electrons. The zero-order valence-electron chi connectivity index (χ0n) is 17.3. The van der Waals surface area contributed by atoms with Crippen LogP contribution in [0.4, 0.5) is 0 Å². The monoisotopic (exact) mass is 444 g/mol. The second kappa shape index (κ2) is 10.1. The molecule has 13 heteroatoms. The van der Waals surface area contributed by atoms with Crippen LogP contribution in [0, 0.1) is 0 Å². The Hall–Kier alpha value is -4.39. The molecule has 0 unspecified atom stereocenters. The zero-order valence-corrected chi connectivity index (χ0v) is 17.3. The van der Waals surface area contributed by atoms with Crippen LogP contribution < -0.4 is 11.5 Å². The lowest BCUT2D eigenvalue weighted by molar-refractivity contribution is 0.0584. The van der Waals surface area contributed by atoms with E-state index in [1.54, 1.807) is 12.1 Å². The number of fused-ring (bicyclic) bond motifs is 1. The fourth-order valence-corrected chi connectivity index (χ4v) is 2.44. The molecule has 168 valence electrons. The first-order chi connectivity index (χ1) is 15.1. The summed E-state index contributed by atoms with van der Waals surface area (Å²) in [7, 11) is 2.47. The number of carboxylic acid groups (broad SMARTS) is 1. The summed E-state index contributed by atoms with van der Waals surface area (Å²) in [4.78, 5) is 48.3. The van der Waals surface area contributed by atoms with Gasteiger partial charge in [-0.3, -0.25) is 4.79 Å². The van der Waals surface area contributed by atoms with Gasteiger partial charge in [-0.1, -0.05) is 17.3 Å². The summed E-state index contributed by atoms with van der Waals surface area (Å²) >= 11 is 0. The van der Waals surface area contributed by atoms with Crippen LogP contribution in [0.5, 0.6) is 0 Å². The first-order valence-electron chi connectivity index (χ1n) is 8.92. The maximum atomic E-state index is 11.5. The fraction of sp³-hybridized carbons (Fsp3) is 0.211. The summed E-state index contributed by atoms with van der Waals surface area (Å²) in [5, 5.41) is 15.9. The molecule has 0 aliphatic carbocycles. The van der Waals surface area contributed by atoms with Crippen molar-refractivity contribution in [1.29, 1.82) is 0 Å². The molecule has 2 aromatic heterocycles. The van der Waals surface area contributed by atoms with Gasteiger partial charge in [-0.15, -0.1) is 5.10 Å². The molecule has 1 amide bonds. The third-order valence-electron chi connectivity index (χ3n) is 4.08. The molecule has 0 saturated carbocycles. The average Bonchev–Trinajstić information content (AvgIpc) is 3.22. The van der Waals surface area contributed by atoms with Crippen LogP contribution in [0.15, 0.2) is 30.3 Å². The predicted octanol–water partition coefficient (Wildman–Crippen LogP) is 0.201. The molecule has 5 N–H and O–H groups in total. The van der Waals surface area contributed by atoms with E-state index in [9.17, 15) is 19.2 Å². The Morgan fingerprint density at radius 3 is 2.12 bits per heavy atom. The number of methoxy groups -OCH3 is 2. The second-order valence-corrected chi connectivity index (χ2v) is 6.26. The summed E-state index contributed by atoms with van der Waals surface area (Å²) in [6.07, 6.45) is 0. The molecule has 1 atom stereocenters. The summed E-state index contributed by atoms with van der Waals surface area (Å²) in [5.41, 5.74) is 11.0. The van der Waals surface area contributed by atoms with Crippen molar-refractivity contribution in [2.45, 2.75) is 13.0 Å². The number of carbonyl (C=O) groups excluding carboxylic acids is 3. The molecule has 0 spiro atoms. The molecule has 3 rings (SSSR count). The van der Waals surface area contributed by atoms with Crippen molar-refractivity contribution in [2.24, 2.45) is 11.5 Å². The molecule has 0 aliphatic heterocycles. The smallest absolute Gasteiger partial charge is 0.356 e. The molecule has 2 heterocycles. The molecule has 3 aromatic rings. The van der Waals surface area contributed by atoms with Crippen LogP contribution in [0.2, 0.25) is 0 Å². The van der Waals surface area contributed by atoms with Gasteiger partial charge in [0.1, 0.15) is 0 Å². The van der Waals surface area contributed by atoms with E-state index in [1.807, 2.05) is 19.1 Å². The summed E-state index contributed by atoms with van der Waals surface area (Å²) in [5.74, 6) is -3.50. The Morgan fingerprint density at radius 1 is 1.06 bits per heavy atom. The highest BCUT2D eigenvalue weighted by Crippen LogP contribution is 2.12. The van der Waals surface area contributed by atoms with Gasteiger partial charge in [0.15, 0.2) is 22.7 Å². The van der Waals surface area contributed by atoms with Crippen molar-refractivity contribution in [3.05, 3.63) is 58.5 Å². The number of carboxylic acids is 1. The van der Waals surface area contributed by atoms with E-state index in [4.69, 9.17) is 16.6 Å². The van der Waals surface area contributed by atoms with Crippen LogP contribution in [-0.2, 0) is 9.47 Å². The van der Waals surface area contributed by atoms with Gasteiger partial charge < -0.3 is 26.0 Å². The highest BCUT2D eigenvalue weighted by molar-refractivity contribution is 5.99. The van der Waals surface area contributed by atoms with Gasteiger partial charge in [0.05, 0.1) is 19.8 Å². The van der Waals surface area contributed by atoms with Crippen molar-refractivity contribution < 1.29 is 33.8 Å². The van der Waals surface area contributed by atoms with Crippen LogP contribution in [0.1, 0.15) is 60.4 Å². The van der Waals surface area contributed by atoms with Gasteiger partial charge in [0.2, 0.25) is 0 Å². The van der Waals surface area contributed by atoms with Crippen molar-refractivity contribution in [2.75, 3.05) is 14.2 Å². The van der Waals surface area contributed by atoms with E-state index >= 15 is 0 Å². The maximum absolute atomic E-state index is 11.5. The zero-order chi connectivity index (χ0) is 24.0. The topological polar surface area (TPSA) is 202 Å². The summed E-state index contributed by atoms with van der Waals surface area (Å²) in [6.45, 7) is 1.90. The number of nitrogens with two attached hydrogens (primary N) is 2. The molecule has 0 aliphatic rings. The third kappa shape index (κ3) is 5.20. The molecule has 0 bridgehead atoms. The SMILES string of the molecule is COC(=O)c1cc(C(=O)O)nc2c(C(N)=O)nnn12.COC(=O)c1ccc([C@H](C)N)cc1. The molecule has 32 heavy (non-hydrogen) atoms. The minimum Gasteiger partial charge on any atom is -0.477 e. The first kappa shape index (κ1) is 23.9. The standard InChI is InChI=1S/C10H13NO2.C9H7N5O5/c1-7(11)8-3-5-9(6-4-8)10(12)13-2;1-19-9(18)4-2-3(8(16)17)11-7-5(6(10)15)12-13-14(4)7/h3-7H,11H2,1-2H3;2H,1H3,(H2,10,15)(H,16,17)/t7-;/m0./s1. The lowest BCUT2D eigenvalue weighted by Crippen LogP contribution is -2.16. The van der Waals surface area contributed by atoms with E-state index in [-0.39, 0.29) is 29.0 Å². The van der Waals surface area contributed by atoms with Crippen LogP contribution >= 0.6 is 0 Å². The Bertz CT molecular complexity index is 1170. The molecular formula is C19H20N6O7. The van der Waals surface area contributed by atoms with Crippen molar-refractivity contribution in [3.63, 3.8) is 0 Å².